The van der Waals surface area contributed by atoms with E-state index in [1.54, 1.807) is 13.2 Å². The number of carbonyl (C=O) groups is 1. The number of ketones is 1. The van der Waals surface area contributed by atoms with Gasteiger partial charge in [-0.2, -0.15) is 0 Å². The minimum Gasteiger partial charge on any atom is -0.468 e. The van der Waals surface area contributed by atoms with E-state index < -0.39 is 0 Å². The van der Waals surface area contributed by atoms with Crippen molar-refractivity contribution in [2.45, 2.75) is 12.8 Å². The van der Waals surface area contributed by atoms with E-state index in [9.17, 15) is 4.79 Å². The molecule has 3 heteroatoms. The molecule has 17 heavy (non-hydrogen) atoms. The Balaban J connectivity index is 1.90. The van der Waals surface area contributed by atoms with Gasteiger partial charge in [0.1, 0.15) is 5.75 Å². The maximum atomic E-state index is 11.5. The van der Waals surface area contributed by atoms with Crippen molar-refractivity contribution in [1.29, 1.82) is 0 Å². The molecule has 0 spiro atoms. The number of methoxy groups -OCH3 is 1. The Morgan fingerprint density at radius 1 is 1.35 bits per heavy atom. The van der Waals surface area contributed by atoms with Crippen molar-refractivity contribution in [2.24, 2.45) is 5.92 Å². The van der Waals surface area contributed by atoms with E-state index in [0.29, 0.717) is 0 Å². The van der Waals surface area contributed by atoms with E-state index >= 15 is 0 Å². The number of rotatable bonds is 6. The molecule has 90 valence electrons. The number of carbonyl (C=O) groups excluding carboxylic acids is 1. The van der Waals surface area contributed by atoms with Gasteiger partial charge < -0.3 is 9.47 Å². The smallest absolute Gasteiger partial charge is 0.188 e. The summed E-state index contributed by atoms with van der Waals surface area (Å²) in [5.74, 6) is 1.29. The second kappa shape index (κ2) is 5.64. The molecule has 0 bridgehead atoms. The van der Waals surface area contributed by atoms with Gasteiger partial charge in [0.05, 0.1) is 0 Å². The van der Waals surface area contributed by atoms with Gasteiger partial charge in [0, 0.05) is 13.0 Å². The summed E-state index contributed by atoms with van der Waals surface area (Å²) < 4.78 is 10.1. The van der Waals surface area contributed by atoms with Gasteiger partial charge in [0.15, 0.2) is 12.6 Å². The standard InChI is InChI=1S/C14H16O3/c1-16-10-17-13-7-2-11(3-8-13)4-9-14(15)12-5-6-12/h2-4,7-9,12H,5-6,10H2,1H3. The lowest BCUT2D eigenvalue weighted by atomic mass is 10.1. The van der Waals surface area contributed by atoms with E-state index in [4.69, 9.17) is 9.47 Å². The molecule has 1 fully saturated rings. The van der Waals surface area contributed by atoms with Crippen LogP contribution in [0.2, 0.25) is 0 Å². The molecule has 1 aliphatic carbocycles. The molecule has 0 heterocycles. The first-order valence-electron chi connectivity index (χ1n) is 5.73. The van der Waals surface area contributed by atoms with Crippen LogP contribution in [0.5, 0.6) is 5.75 Å². The van der Waals surface area contributed by atoms with Crippen molar-refractivity contribution in [3.63, 3.8) is 0 Å². The summed E-state index contributed by atoms with van der Waals surface area (Å²) in [5.41, 5.74) is 1.00. The zero-order chi connectivity index (χ0) is 12.1. The Hall–Kier alpha value is -1.61. The van der Waals surface area contributed by atoms with Crippen LogP contribution in [0.4, 0.5) is 0 Å². The zero-order valence-corrected chi connectivity index (χ0v) is 9.89. The molecule has 1 aromatic carbocycles. The number of benzene rings is 1. The molecule has 0 amide bonds. The van der Waals surface area contributed by atoms with Crippen molar-refractivity contribution in [3.05, 3.63) is 35.9 Å². The first kappa shape index (κ1) is 11.9. The normalized spacial score (nSPS) is 15.1. The topological polar surface area (TPSA) is 35.5 Å². The van der Waals surface area contributed by atoms with Crippen molar-refractivity contribution in [3.8, 4) is 5.75 Å². The summed E-state index contributed by atoms with van der Waals surface area (Å²) in [6.45, 7) is 0.245. The zero-order valence-electron chi connectivity index (χ0n) is 9.89. The minimum atomic E-state index is 0.240. The van der Waals surface area contributed by atoms with Crippen LogP contribution in [0.25, 0.3) is 6.08 Å². The second-order valence-corrected chi connectivity index (χ2v) is 4.13. The lowest BCUT2D eigenvalue weighted by Crippen LogP contribution is -1.98. The first-order valence-corrected chi connectivity index (χ1v) is 5.73. The van der Waals surface area contributed by atoms with E-state index in [1.807, 2.05) is 30.3 Å². The van der Waals surface area contributed by atoms with Crippen LogP contribution in [-0.4, -0.2) is 19.7 Å². The summed E-state index contributed by atoms with van der Waals surface area (Å²) in [5, 5.41) is 0. The molecule has 1 saturated carbocycles. The maximum absolute atomic E-state index is 11.5. The van der Waals surface area contributed by atoms with Crippen LogP contribution in [0, 0.1) is 5.92 Å². The van der Waals surface area contributed by atoms with Crippen molar-refractivity contribution in [2.75, 3.05) is 13.9 Å². The molecule has 2 rings (SSSR count). The van der Waals surface area contributed by atoms with Gasteiger partial charge in [-0.05, 0) is 36.6 Å². The van der Waals surface area contributed by atoms with Crippen LogP contribution in [-0.2, 0) is 9.53 Å². The predicted molar refractivity (Wildman–Crippen MR) is 65.7 cm³/mol. The van der Waals surface area contributed by atoms with E-state index in [0.717, 1.165) is 24.2 Å². The average Bonchev–Trinajstić information content (AvgIpc) is 3.19. The molecule has 0 aromatic heterocycles. The van der Waals surface area contributed by atoms with Crippen molar-refractivity contribution < 1.29 is 14.3 Å². The number of ether oxygens (including phenoxy) is 2. The highest BCUT2D eigenvalue weighted by atomic mass is 16.7. The highest BCUT2D eigenvalue weighted by Gasteiger charge is 2.27. The molecule has 1 aliphatic rings. The molecule has 3 nitrogen and oxygen atoms in total. The van der Waals surface area contributed by atoms with Crippen LogP contribution in [0.15, 0.2) is 30.3 Å². The fourth-order valence-corrected chi connectivity index (χ4v) is 1.48. The average molecular weight is 232 g/mol. The summed E-state index contributed by atoms with van der Waals surface area (Å²) in [6, 6.07) is 7.56. The number of allylic oxidation sites excluding steroid dienone is 1. The third kappa shape index (κ3) is 3.71. The quantitative estimate of drug-likeness (QED) is 0.558. The van der Waals surface area contributed by atoms with Gasteiger partial charge in [0.25, 0.3) is 0 Å². The van der Waals surface area contributed by atoms with Crippen molar-refractivity contribution >= 4 is 11.9 Å². The lowest BCUT2D eigenvalue weighted by molar-refractivity contribution is -0.115. The summed E-state index contributed by atoms with van der Waals surface area (Å²) in [6.07, 6.45) is 5.61. The molecule has 1 aromatic rings. The van der Waals surface area contributed by atoms with Gasteiger partial charge in [0.2, 0.25) is 0 Å². The molecule has 0 atom stereocenters. The third-order valence-electron chi connectivity index (χ3n) is 2.64. The van der Waals surface area contributed by atoms with Crippen LogP contribution in [0.1, 0.15) is 18.4 Å². The molecular weight excluding hydrogens is 216 g/mol. The van der Waals surface area contributed by atoms with E-state index in [1.165, 1.54) is 0 Å². The lowest BCUT2D eigenvalue weighted by Gasteiger charge is -2.03. The molecule has 0 unspecified atom stereocenters. The fraction of sp³-hybridized carbons (Fsp3) is 0.357. The van der Waals surface area contributed by atoms with Crippen molar-refractivity contribution in [1.82, 2.24) is 0 Å². The van der Waals surface area contributed by atoms with Crippen LogP contribution >= 0.6 is 0 Å². The highest BCUT2D eigenvalue weighted by molar-refractivity contribution is 5.96. The van der Waals surface area contributed by atoms with Crippen LogP contribution in [0.3, 0.4) is 0 Å². The third-order valence-corrected chi connectivity index (χ3v) is 2.64. The Morgan fingerprint density at radius 2 is 2.06 bits per heavy atom. The summed E-state index contributed by atoms with van der Waals surface area (Å²) in [4.78, 5) is 11.5. The Bertz CT molecular complexity index is 402. The maximum Gasteiger partial charge on any atom is 0.188 e. The fourth-order valence-electron chi connectivity index (χ4n) is 1.48. The Morgan fingerprint density at radius 3 is 2.65 bits per heavy atom. The summed E-state index contributed by atoms with van der Waals surface area (Å²) in [7, 11) is 1.58. The number of hydrogen-bond acceptors (Lipinski definition) is 3. The first-order chi connectivity index (χ1) is 8.29. The SMILES string of the molecule is COCOc1ccc(C=CC(=O)C2CC2)cc1. The van der Waals surface area contributed by atoms with Gasteiger partial charge in [-0.25, -0.2) is 0 Å². The predicted octanol–water partition coefficient (Wildman–Crippen LogP) is 2.66. The Labute approximate surface area is 101 Å². The minimum absolute atomic E-state index is 0.240. The van der Waals surface area contributed by atoms with E-state index in [-0.39, 0.29) is 18.5 Å². The molecule has 0 N–H and O–H groups in total. The van der Waals surface area contributed by atoms with E-state index in [2.05, 4.69) is 0 Å². The monoisotopic (exact) mass is 232 g/mol. The van der Waals surface area contributed by atoms with Gasteiger partial charge in [-0.3, -0.25) is 4.79 Å². The molecule has 0 radical (unpaired) electrons. The van der Waals surface area contributed by atoms with Crippen LogP contribution < -0.4 is 4.74 Å². The van der Waals surface area contributed by atoms with Gasteiger partial charge >= 0.3 is 0 Å². The molecular formula is C14H16O3. The second-order valence-electron chi connectivity index (χ2n) is 4.13. The highest BCUT2D eigenvalue weighted by Crippen LogP contribution is 2.30. The Kier molecular flexibility index (Phi) is 3.94. The molecule has 0 aliphatic heterocycles. The largest absolute Gasteiger partial charge is 0.468 e. The number of hydrogen-bond donors (Lipinski definition) is 0. The van der Waals surface area contributed by atoms with Gasteiger partial charge in [-0.1, -0.05) is 18.2 Å². The summed E-state index contributed by atoms with van der Waals surface area (Å²) >= 11 is 0. The van der Waals surface area contributed by atoms with Gasteiger partial charge in [-0.15, -0.1) is 0 Å². The molecule has 0 saturated heterocycles.